The second kappa shape index (κ2) is 34.1. The van der Waals surface area contributed by atoms with Crippen molar-refractivity contribution in [2.45, 2.75) is 0 Å². The van der Waals surface area contributed by atoms with Gasteiger partial charge in [0.05, 0.1) is 33.5 Å². The molecule has 136 heavy (non-hydrogen) atoms. The Kier molecular flexibility index (Phi) is 20.0. The zero-order valence-corrected chi connectivity index (χ0v) is 73.3. The molecular weight excluding hydrogens is 1660 g/mol. The van der Waals surface area contributed by atoms with E-state index in [0.29, 0.717) is 34.9 Å². The molecule has 26 rings (SSSR count). The number of furan rings is 2. The van der Waals surface area contributed by atoms with Gasteiger partial charge in [0, 0.05) is 122 Å². The van der Waals surface area contributed by atoms with Crippen LogP contribution in [-0.4, -0.2) is 49.0 Å². The summed E-state index contributed by atoms with van der Waals surface area (Å²) in [6.07, 6.45) is 3.95. The van der Waals surface area contributed by atoms with Crippen molar-refractivity contribution in [2.75, 3.05) is 0 Å². The van der Waals surface area contributed by atoms with Crippen LogP contribution in [0.25, 0.3) is 256 Å². The van der Waals surface area contributed by atoms with E-state index in [4.69, 9.17) is 48.7 Å². The number of aromatic nitrogens is 10. The molecule has 0 aliphatic carbocycles. The summed E-state index contributed by atoms with van der Waals surface area (Å²) in [7, 11) is 0. The number of hydrogen-bond donors (Lipinski definition) is 0. The van der Waals surface area contributed by atoms with Crippen molar-refractivity contribution in [1.29, 1.82) is 0 Å². The predicted octanol–water partition coefficient (Wildman–Crippen LogP) is 31.9. The van der Waals surface area contributed by atoms with E-state index in [9.17, 15) is 0 Å². The number of rotatable bonds is 16. The Balaban J connectivity index is 0.000000145. The van der Waals surface area contributed by atoms with Gasteiger partial charge in [-0.2, -0.15) is 0 Å². The average molecular weight is 1740 g/mol. The van der Waals surface area contributed by atoms with Crippen LogP contribution in [0.1, 0.15) is 0 Å². The maximum atomic E-state index is 7.03. The Bertz CT molecular complexity index is 8700. The fourth-order valence-corrected chi connectivity index (χ4v) is 19.2. The number of para-hydroxylation sites is 4. The molecule has 0 amide bonds. The molecule has 0 bridgehead atoms. The fourth-order valence-electron chi connectivity index (χ4n) is 19.2. The molecule has 0 N–H and O–H groups in total. The van der Waals surface area contributed by atoms with E-state index in [-0.39, 0.29) is 0 Å². The standard InChI is InChI=1S/2C62H39N5O/c1-6-18-40(19-7-1)45-34-46(41-20-8-2-9-21-41)36-47(35-45)48-38-54(62-65-60(42-22-10-3-11-23-42)64-61(66-62)43-24-12-4-13-25-43)57(63-39-48)44-30-33-56-53(37-44)52-32-31-51-50-28-16-17-29-55(50)67(58(51)59(52)68-56)49-26-14-5-15-27-49;1-6-18-40(19-7-1)45-34-46(41-20-8-2-9-21-41)36-47(35-45)48-37-54(62-65-60(42-22-10-3-11-23-42)64-61(66-62)43-24-12-4-13-25-43)57(63-39-48)44-30-31-51-53-33-32-52-50-28-16-17-29-55(50)67(49-26-14-5-15-27-49)58(52)59(53)68-56(51)38-44/h2*1-39H. The smallest absolute Gasteiger partial charge is 0.166 e. The van der Waals surface area contributed by atoms with Crippen molar-refractivity contribution in [1.82, 2.24) is 49.0 Å². The normalized spacial score (nSPS) is 11.5. The van der Waals surface area contributed by atoms with Crippen LogP contribution in [0.5, 0.6) is 0 Å². The Morgan fingerprint density at radius 1 is 0.169 bits per heavy atom. The van der Waals surface area contributed by atoms with Gasteiger partial charge in [0.1, 0.15) is 11.2 Å². The summed E-state index contributed by atoms with van der Waals surface area (Å²) in [6.45, 7) is 0. The van der Waals surface area contributed by atoms with Crippen molar-refractivity contribution in [2.24, 2.45) is 0 Å². The van der Waals surface area contributed by atoms with Gasteiger partial charge in [0.2, 0.25) is 0 Å². The summed E-state index contributed by atoms with van der Waals surface area (Å²) < 4.78 is 18.6. The molecule has 8 aromatic heterocycles. The quantitative estimate of drug-likeness (QED) is 0.0918. The van der Waals surface area contributed by atoms with Crippen LogP contribution in [0.15, 0.2) is 482 Å². The van der Waals surface area contributed by atoms with Gasteiger partial charge in [-0.3, -0.25) is 9.97 Å². The first-order valence-corrected chi connectivity index (χ1v) is 45.6. The number of nitrogens with zero attached hydrogens (tertiary/aromatic N) is 10. The first kappa shape index (κ1) is 79.6. The maximum Gasteiger partial charge on any atom is 0.166 e. The summed E-state index contributed by atoms with van der Waals surface area (Å²) >= 11 is 0. The molecule has 0 unspecified atom stereocenters. The topological polar surface area (TPSA) is 139 Å². The van der Waals surface area contributed by atoms with Crippen LogP contribution in [0.4, 0.5) is 0 Å². The number of hydrogen-bond acceptors (Lipinski definition) is 10. The van der Waals surface area contributed by atoms with E-state index >= 15 is 0 Å². The van der Waals surface area contributed by atoms with E-state index in [1.165, 1.54) is 10.8 Å². The summed E-state index contributed by atoms with van der Waals surface area (Å²) in [5.74, 6) is 3.36. The minimum absolute atomic E-state index is 0.517. The van der Waals surface area contributed by atoms with E-state index < -0.39 is 0 Å². The van der Waals surface area contributed by atoms with E-state index in [1.54, 1.807) is 0 Å². The van der Waals surface area contributed by atoms with Gasteiger partial charge in [-0.15, -0.1) is 0 Å². The number of pyridine rings is 2. The van der Waals surface area contributed by atoms with Crippen molar-refractivity contribution < 1.29 is 8.83 Å². The third-order valence-electron chi connectivity index (χ3n) is 25.7. The van der Waals surface area contributed by atoms with E-state index in [0.717, 1.165) is 211 Å². The van der Waals surface area contributed by atoms with E-state index in [2.05, 4.69) is 349 Å². The third-order valence-corrected chi connectivity index (χ3v) is 25.7. The minimum Gasteiger partial charge on any atom is -0.454 e. The molecule has 0 saturated heterocycles. The van der Waals surface area contributed by atoms with Crippen molar-refractivity contribution in [3.05, 3.63) is 473 Å². The predicted molar refractivity (Wildman–Crippen MR) is 555 cm³/mol. The summed E-state index contributed by atoms with van der Waals surface area (Å²) in [5.41, 5.74) is 31.0. The molecule has 12 nitrogen and oxygen atoms in total. The summed E-state index contributed by atoms with van der Waals surface area (Å²) in [4.78, 5) is 41.9. The van der Waals surface area contributed by atoms with Crippen LogP contribution in [0.2, 0.25) is 0 Å². The van der Waals surface area contributed by atoms with Crippen LogP contribution in [0.3, 0.4) is 0 Å². The lowest BCUT2D eigenvalue weighted by molar-refractivity contribution is 0.671. The molecule has 0 spiro atoms. The molecule has 0 aliphatic rings. The first-order chi connectivity index (χ1) is 67.4. The molecule has 636 valence electrons. The Hall–Kier alpha value is -18.5. The molecule has 0 saturated carbocycles. The molecule has 26 aromatic rings. The lowest BCUT2D eigenvalue weighted by Crippen LogP contribution is -2.02. The Labute approximate surface area is 782 Å². The van der Waals surface area contributed by atoms with Gasteiger partial charge in [0.15, 0.2) is 46.1 Å². The van der Waals surface area contributed by atoms with Crippen LogP contribution < -0.4 is 0 Å². The largest absolute Gasteiger partial charge is 0.454 e. The van der Waals surface area contributed by atoms with E-state index in [1.807, 2.05) is 134 Å². The van der Waals surface area contributed by atoms with Gasteiger partial charge < -0.3 is 18.0 Å². The van der Waals surface area contributed by atoms with Gasteiger partial charge in [-0.25, -0.2) is 29.9 Å². The zero-order chi connectivity index (χ0) is 89.9. The maximum absolute atomic E-state index is 7.03. The minimum atomic E-state index is 0.517. The van der Waals surface area contributed by atoms with Crippen molar-refractivity contribution >= 4 is 87.5 Å². The van der Waals surface area contributed by atoms with Crippen LogP contribution >= 0.6 is 0 Å². The molecule has 18 aromatic carbocycles. The summed E-state index contributed by atoms with van der Waals surface area (Å²) in [6, 6.07) is 160. The summed E-state index contributed by atoms with van der Waals surface area (Å²) in [5, 5.41) is 8.73. The first-order valence-electron chi connectivity index (χ1n) is 45.6. The van der Waals surface area contributed by atoms with Gasteiger partial charge in [-0.05, 0) is 183 Å². The van der Waals surface area contributed by atoms with Crippen LogP contribution in [-0.2, 0) is 0 Å². The van der Waals surface area contributed by atoms with Gasteiger partial charge >= 0.3 is 0 Å². The Morgan fingerprint density at radius 2 is 0.449 bits per heavy atom. The molecule has 0 aliphatic heterocycles. The fraction of sp³-hybridized carbons (Fsp3) is 0. The molecule has 0 atom stereocenters. The average Bonchev–Trinajstić information content (AvgIpc) is 1.56. The second-order valence-electron chi connectivity index (χ2n) is 34.1. The number of fused-ring (bicyclic) bond motifs is 14. The molecule has 0 fully saturated rings. The highest BCUT2D eigenvalue weighted by atomic mass is 16.3. The lowest BCUT2D eigenvalue weighted by Gasteiger charge is -2.15. The van der Waals surface area contributed by atoms with Crippen LogP contribution in [0, 0.1) is 0 Å². The lowest BCUT2D eigenvalue weighted by atomic mass is 9.92. The van der Waals surface area contributed by atoms with Crippen molar-refractivity contribution in [3.63, 3.8) is 0 Å². The van der Waals surface area contributed by atoms with Gasteiger partial charge in [0.25, 0.3) is 0 Å². The number of benzene rings is 18. The van der Waals surface area contributed by atoms with Gasteiger partial charge in [-0.1, -0.05) is 334 Å². The highest BCUT2D eigenvalue weighted by molar-refractivity contribution is 6.23. The highest BCUT2D eigenvalue weighted by Crippen LogP contribution is 2.48. The monoisotopic (exact) mass is 1740 g/mol. The molecular formula is C124H78N10O2. The van der Waals surface area contributed by atoms with Crippen molar-refractivity contribution in [3.8, 4) is 169 Å². The SMILES string of the molecule is c1ccc(-c2cc(-c3ccccc3)cc(-c3cnc(-c4ccc5c(c4)oc4c5ccc5c6ccccc6n(-c6ccccc6)c54)c(-c4nc(-c5ccccc5)nc(-c5ccccc5)n4)c3)c2)cc1.c1ccc(-c2cc(-c3ccccc3)cc(-c3cnc(-c4ccc5oc6c(ccc7c8ccccc8n(-c8ccccc8)c76)c5c4)c(-c4nc(-c5ccccc5)nc(-c5ccccc5)n4)c3)c2)cc1. The third kappa shape index (κ3) is 14.6. The Morgan fingerprint density at radius 3 is 0.816 bits per heavy atom. The molecule has 12 heteroatoms. The molecule has 8 heterocycles. The molecule has 0 radical (unpaired) electrons. The second-order valence-corrected chi connectivity index (χ2v) is 34.1. The highest BCUT2D eigenvalue weighted by Gasteiger charge is 2.27. The zero-order valence-electron chi connectivity index (χ0n) is 73.3.